The molecule has 0 aromatic carbocycles. The lowest BCUT2D eigenvalue weighted by Gasteiger charge is -1.94. The van der Waals surface area contributed by atoms with E-state index in [1.165, 1.54) is 18.4 Å². The number of aromatic nitrogens is 1. The Labute approximate surface area is 96.4 Å². The maximum absolute atomic E-state index is 3.71. The van der Waals surface area contributed by atoms with Crippen LogP contribution in [0.5, 0.6) is 0 Å². The van der Waals surface area contributed by atoms with Crippen LogP contribution in [0, 0.1) is 0 Å². The molecule has 2 nitrogen and oxygen atoms in total. The molecule has 2 N–H and O–H groups in total. The molecule has 1 aromatic heterocycles. The quantitative estimate of drug-likeness (QED) is 0.597. The van der Waals surface area contributed by atoms with Crippen molar-refractivity contribution in [2.24, 2.45) is 0 Å². The zero-order valence-electron chi connectivity index (χ0n) is 8.54. The summed E-state index contributed by atoms with van der Waals surface area (Å²) < 4.78 is 2.20. The van der Waals surface area contributed by atoms with Crippen LogP contribution in [-0.2, 0) is 6.54 Å². The van der Waals surface area contributed by atoms with E-state index in [9.17, 15) is 0 Å². The van der Waals surface area contributed by atoms with E-state index in [1.54, 1.807) is 0 Å². The lowest BCUT2D eigenvalue weighted by molar-refractivity contribution is -0.697. The third-order valence-corrected chi connectivity index (χ3v) is 1.92. The normalized spacial score (nSPS) is 8.36. The van der Waals surface area contributed by atoms with Crippen LogP contribution in [0.3, 0.4) is 0 Å². The van der Waals surface area contributed by atoms with Gasteiger partial charge in [-0.15, -0.1) is 0 Å². The zero-order valence-corrected chi connectivity index (χ0v) is 10.1. The van der Waals surface area contributed by atoms with Gasteiger partial charge < -0.3 is 22.5 Å². The number of aryl methyl sites for hydroxylation is 1. The second kappa shape index (κ2) is 8.91. The first-order valence-electron chi connectivity index (χ1n) is 4.48. The number of nitrogens with zero attached hydrogens (tertiary/aromatic N) is 1. The second-order valence-corrected chi connectivity index (χ2v) is 2.93. The summed E-state index contributed by atoms with van der Waals surface area (Å²) in [7, 11) is 0. The fourth-order valence-corrected chi connectivity index (χ4v) is 1.09. The van der Waals surface area contributed by atoms with Crippen molar-refractivity contribution in [2.45, 2.75) is 26.3 Å². The highest BCUT2D eigenvalue weighted by atomic mass is 79.9. The average molecular weight is 260 g/mol. The summed E-state index contributed by atoms with van der Waals surface area (Å²) >= 11 is 0. The van der Waals surface area contributed by atoms with E-state index in [2.05, 4.69) is 42.6 Å². The van der Waals surface area contributed by atoms with Crippen LogP contribution in [0.1, 0.15) is 25.3 Å². The largest absolute Gasteiger partial charge is 1.00 e. The van der Waals surface area contributed by atoms with Crippen molar-refractivity contribution in [1.29, 1.82) is 0 Å². The zero-order chi connectivity index (χ0) is 8.81. The van der Waals surface area contributed by atoms with Gasteiger partial charge in [0, 0.05) is 18.6 Å². The molecule has 0 unspecified atom stereocenters. The first-order chi connectivity index (χ1) is 5.86. The van der Waals surface area contributed by atoms with Crippen molar-refractivity contribution in [3.63, 3.8) is 0 Å². The molecule has 3 heteroatoms. The fourth-order valence-electron chi connectivity index (χ4n) is 1.09. The van der Waals surface area contributed by atoms with Crippen LogP contribution in [0.15, 0.2) is 31.1 Å². The van der Waals surface area contributed by atoms with Crippen LogP contribution in [0.4, 0.5) is 0 Å². The summed E-state index contributed by atoms with van der Waals surface area (Å²) in [5.41, 5.74) is 1.18. The van der Waals surface area contributed by atoms with Gasteiger partial charge in [-0.3, -0.25) is 0 Å². The standard InChI is InChI=1S/C11H16N.BrH.H2O/c1-3-5-8-12-9-6-11(4-2)7-10-12;;/h4,6-7,9-10H,2-3,5,8H2,1H3;1H;1H2/q+1;;/p-1. The number of pyridine rings is 1. The molecule has 0 fully saturated rings. The second-order valence-electron chi connectivity index (χ2n) is 2.93. The minimum Gasteiger partial charge on any atom is -1.00 e. The molecule has 0 aliphatic heterocycles. The van der Waals surface area contributed by atoms with Gasteiger partial charge in [-0.1, -0.05) is 26.0 Å². The highest BCUT2D eigenvalue weighted by molar-refractivity contribution is 5.44. The molecule has 14 heavy (non-hydrogen) atoms. The molecule has 0 spiro atoms. The summed E-state index contributed by atoms with van der Waals surface area (Å²) in [6.07, 6.45) is 8.57. The molecule has 0 bridgehead atoms. The van der Waals surface area contributed by atoms with Crippen molar-refractivity contribution in [3.05, 3.63) is 36.7 Å². The van der Waals surface area contributed by atoms with Gasteiger partial charge >= 0.3 is 0 Å². The Balaban J connectivity index is 0. The Morgan fingerprint density at radius 2 is 1.93 bits per heavy atom. The number of hydrogen-bond donors (Lipinski definition) is 0. The third-order valence-electron chi connectivity index (χ3n) is 1.92. The van der Waals surface area contributed by atoms with Crippen molar-refractivity contribution in [2.75, 3.05) is 0 Å². The van der Waals surface area contributed by atoms with Gasteiger partial charge in [0.2, 0.25) is 0 Å². The Bertz CT molecular complexity index is 246. The fraction of sp³-hybridized carbons (Fsp3) is 0.364. The van der Waals surface area contributed by atoms with Crippen molar-refractivity contribution in [3.8, 4) is 0 Å². The monoisotopic (exact) mass is 259 g/mol. The lowest BCUT2D eigenvalue weighted by atomic mass is 10.2. The van der Waals surface area contributed by atoms with Crippen LogP contribution >= 0.6 is 0 Å². The van der Waals surface area contributed by atoms with Crippen molar-refractivity contribution >= 4 is 6.08 Å². The van der Waals surface area contributed by atoms with Gasteiger partial charge in [0.25, 0.3) is 0 Å². The smallest absolute Gasteiger partial charge is 0.169 e. The summed E-state index contributed by atoms with van der Waals surface area (Å²) in [5.74, 6) is 0. The molecule has 80 valence electrons. The summed E-state index contributed by atoms with van der Waals surface area (Å²) in [4.78, 5) is 0. The van der Waals surface area contributed by atoms with E-state index in [0.29, 0.717) is 0 Å². The van der Waals surface area contributed by atoms with Crippen molar-refractivity contribution < 1.29 is 27.0 Å². The molecule has 0 aliphatic carbocycles. The van der Waals surface area contributed by atoms with E-state index >= 15 is 0 Å². The van der Waals surface area contributed by atoms with Gasteiger partial charge in [0.1, 0.15) is 6.54 Å². The third kappa shape index (κ3) is 5.14. The number of unbranched alkanes of at least 4 members (excludes halogenated alkanes) is 1. The topological polar surface area (TPSA) is 35.4 Å². The van der Waals surface area contributed by atoms with Gasteiger partial charge in [0.15, 0.2) is 12.4 Å². The van der Waals surface area contributed by atoms with Crippen LogP contribution in [0.25, 0.3) is 6.08 Å². The highest BCUT2D eigenvalue weighted by Crippen LogP contribution is 1.96. The van der Waals surface area contributed by atoms with Crippen LogP contribution in [0.2, 0.25) is 0 Å². The van der Waals surface area contributed by atoms with E-state index in [-0.39, 0.29) is 22.5 Å². The number of rotatable bonds is 4. The molecule has 0 aliphatic rings. The van der Waals surface area contributed by atoms with E-state index in [4.69, 9.17) is 0 Å². The highest BCUT2D eigenvalue weighted by Gasteiger charge is 1.96. The molecule has 0 amide bonds. The maximum atomic E-state index is 3.71. The van der Waals surface area contributed by atoms with E-state index in [1.807, 2.05) is 6.08 Å². The molecular weight excluding hydrogens is 242 g/mol. The molecule has 1 aromatic rings. The Morgan fingerprint density at radius 1 is 1.36 bits per heavy atom. The number of halogens is 1. The average Bonchev–Trinajstić information content (AvgIpc) is 2.15. The minimum atomic E-state index is 0. The molecular formula is C11H18BrNO. The SMILES string of the molecule is C=Cc1cc[n+](CCCC)cc1.O.[Br-]. The van der Waals surface area contributed by atoms with Gasteiger partial charge in [-0.25, -0.2) is 4.57 Å². The molecule has 0 radical (unpaired) electrons. The molecule has 1 rings (SSSR count). The minimum absolute atomic E-state index is 0. The first-order valence-corrected chi connectivity index (χ1v) is 4.48. The van der Waals surface area contributed by atoms with E-state index in [0.717, 1.165) is 6.54 Å². The Morgan fingerprint density at radius 3 is 2.36 bits per heavy atom. The van der Waals surface area contributed by atoms with Crippen LogP contribution in [-0.4, -0.2) is 5.48 Å². The predicted molar refractivity (Wildman–Crippen MR) is 55.2 cm³/mol. The number of hydrogen-bond acceptors (Lipinski definition) is 0. The van der Waals surface area contributed by atoms with Crippen molar-refractivity contribution in [1.82, 2.24) is 0 Å². The van der Waals surface area contributed by atoms with Gasteiger partial charge in [0.05, 0.1) is 0 Å². The summed E-state index contributed by atoms with van der Waals surface area (Å²) in [6.45, 7) is 7.04. The lowest BCUT2D eigenvalue weighted by Crippen LogP contribution is -3.00. The predicted octanol–water partition coefficient (Wildman–Crippen LogP) is -1.40. The van der Waals surface area contributed by atoms with E-state index < -0.39 is 0 Å². The molecule has 0 saturated heterocycles. The maximum Gasteiger partial charge on any atom is 0.169 e. The van der Waals surface area contributed by atoms with Gasteiger partial charge in [-0.2, -0.15) is 0 Å². The molecule has 0 saturated carbocycles. The Kier molecular flexibility index (Phi) is 10.0. The van der Waals surface area contributed by atoms with Gasteiger partial charge in [-0.05, 0) is 5.56 Å². The summed E-state index contributed by atoms with van der Waals surface area (Å²) in [5, 5.41) is 0. The molecule has 0 atom stereocenters. The van der Waals surface area contributed by atoms with Crippen LogP contribution < -0.4 is 21.5 Å². The summed E-state index contributed by atoms with van der Waals surface area (Å²) in [6, 6.07) is 4.17. The molecule has 1 heterocycles. The Hall–Kier alpha value is -0.670. The first kappa shape index (κ1) is 15.8.